The van der Waals surface area contributed by atoms with Gasteiger partial charge in [0.2, 0.25) is 11.8 Å². The Morgan fingerprint density at radius 2 is 1.39 bits per heavy atom. The average Bonchev–Trinajstić information content (AvgIpc) is 2.88. The number of amides is 2. The molecule has 0 aromatic heterocycles. The van der Waals surface area contributed by atoms with Crippen LogP contribution in [0.5, 0.6) is 0 Å². The molecule has 3 aromatic carbocycles. The predicted molar refractivity (Wildman–Crippen MR) is 151 cm³/mol. The molecule has 0 aliphatic heterocycles. The highest BCUT2D eigenvalue weighted by Crippen LogP contribution is 2.25. The van der Waals surface area contributed by atoms with E-state index in [-0.39, 0.29) is 23.4 Å². The van der Waals surface area contributed by atoms with Crippen LogP contribution in [0, 0.1) is 13.8 Å². The Morgan fingerprint density at radius 3 is 1.92 bits per heavy atom. The predicted octanol–water partition coefficient (Wildman–Crippen LogP) is 4.83. The van der Waals surface area contributed by atoms with Crippen molar-refractivity contribution in [1.82, 2.24) is 10.2 Å². The van der Waals surface area contributed by atoms with Gasteiger partial charge in [-0.3, -0.25) is 13.9 Å². The summed E-state index contributed by atoms with van der Waals surface area (Å²) in [4.78, 5) is 28.7. The summed E-state index contributed by atoms with van der Waals surface area (Å²) in [6.07, 6.45) is 0.381. The number of carbonyl (C=O) groups is 2. The number of carbonyl (C=O) groups excluding carboxylic acids is 2. The van der Waals surface area contributed by atoms with Crippen molar-refractivity contribution < 1.29 is 18.0 Å². The van der Waals surface area contributed by atoms with E-state index in [1.165, 1.54) is 4.90 Å². The summed E-state index contributed by atoms with van der Waals surface area (Å²) in [6.45, 7) is 9.09. The quantitative estimate of drug-likeness (QED) is 0.381. The first-order valence-electron chi connectivity index (χ1n) is 12.8. The van der Waals surface area contributed by atoms with Crippen LogP contribution in [0.1, 0.15) is 43.9 Å². The molecular weight excluding hydrogens is 498 g/mol. The second kappa shape index (κ2) is 12.7. The zero-order chi connectivity index (χ0) is 27.9. The van der Waals surface area contributed by atoms with Gasteiger partial charge in [0, 0.05) is 12.6 Å². The van der Waals surface area contributed by atoms with Crippen LogP contribution in [0.4, 0.5) is 5.69 Å². The van der Waals surface area contributed by atoms with E-state index in [4.69, 9.17) is 0 Å². The van der Waals surface area contributed by atoms with E-state index in [9.17, 15) is 18.0 Å². The first kappa shape index (κ1) is 28.9. The van der Waals surface area contributed by atoms with Gasteiger partial charge in [-0.05, 0) is 63.9 Å². The van der Waals surface area contributed by atoms with E-state index >= 15 is 0 Å². The maximum atomic E-state index is 14.0. The first-order valence-corrected chi connectivity index (χ1v) is 14.3. The Balaban J connectivity index is 2.04. The fourth-order valence-electron chi connectivity index (χ4n) is 4.16. The molecular formula is C30H37N3O4S. The van der Waals surface area contributed by atoms with E-state index in [0.717, 1.165) is 21.0 Å². The van der Waals surface area contributed by atoms with Gasteiger partial charge in [0.05, 0.1) is 10.6 Å². The maximum absolute atomic E-state index is 14.0. The molecule has 0 radical (unpaired) electrons. The molecule has 38 heavy (non-hydrogen) atoms. The molecule has 0 bridgehead atoms. The molecule has 1 N–H and O–H groups in total. The minimum absolute atomic E-state index is 0.0932. The summed E-state index contributed by atoms with van der Waals surface area (Å²) >= 11 is 0. The number of nitrogens with one attached hydrogen (secondary N) is 1. The van der Waals surface area contributed by atoms with Gasteiger partial charge < -0.3 is 10.2 Å². The summed E-state index contributed by atoms with van der Waals surface area (Å²) in [6, 6.07) is 22.1. The van der Waals surface area contributed by atoms with E-state index in [0.29, 0.717) is 12.1 Å². The van der Waals surface area contributed by atoms with Crippen LogP contribution < -0.4 is 9.62 Å². The summed E-state index contributed by atoms with van der Waals surface area (Å²) in [5, 5.41) is 2.90. The molecule has 202 valence electrons. The van der Waals surface area contributed by atoms with Crippen LogP contribution in [0.25, 0.3) is 0 Å². The molecule has 0 fully saturated rings. The van der Waals surface area contributed by atoms with Crippen LogP contribution in [0.15, 0.2) is 83.8 Å². The fraction of sp³-hybridized carbons (Fsp3) is 0.333. The second-order valence-electron chi connectivity index (χ2n) is 9.75. The van der Waals surface area contributed by atoms with Gasteiger partial charge in [-0.1, -0.05) is 72.6 Å². The van der Waals surface area contributed by atoms with Gasteiger partial charge in [0.25, 0.3) is 10.0 Å². The average molecular weight is 536 g/mol. The maximum Gasteiger partial charge on any atom is 0.264 e. The van der Waals surface area contributed by atoms with Crippen LogP contribution in [-0.4, -0.2) is 43.8 Å². The van der Waals surface area contributed by atoms with E-state index in [2.05, 4.69) is 5.32 Å². The number of rotatable bonds is 11. The largest absolute Gasteiger partial charge is 0.352 e. The Bertz CT molecular complexity index is 1320. The Morgan fingerprint density at radius 1 is 0.842 bits per heavy atom. The molecule has 2 amide bonds. The third-order valence-electron chi connectivity index (χ3n) is 6.22. The zero-order valence-corrected chi connectivity index (χ0v) is 23.5. The number of benzene rings is 3. The second-order valence-corrected chi connectivity index (χ2v) is 11.6. The van der Waals surface area contributed by atoms with Crippen LogP contribution in [0.2, 0.25) is 0 Å². The molecule has 8 heteroatoms. The molecule has 0 saturated heterocycles. The Labute approximate surface area is 226 Å². The molecule has 1 unspecified atom stereocenters. The molecule has 3 rings (SSSR count). The number of aryl methyl sites for hydroxylation is 2. The van der Waals surface area contributed by atoms with Crippen LogP contribution >= 0.6 is 0 Å². The molecule has 3 aromatic rings. The summed E-state index contributed by atoms with van der Waals surface area (Å²) in [7, 11) is -4.07. The zero-order valence-electron chi connectivity index (χ0n) is 22.7. The number of hydrogen-bond acceptors (Lipinski definition) is 4. The minimum atomic E-state index is -4.07. The lowest BCUT2D eigenvalue weighted by atomic mass is 10.1. The van der Waals surface area contributed by atoms with Crippen molar-refractivity contribution in [1.29, 1.82) is 0 Å². The van der Waals surface area contributed by atoms with E-state index < -0.39 is 28.5 Å². The van der Waals surface area contributed by atoms with Crippen molar-refractivity contribution in [3.63, 3.8) is 0 Å². The van der Waals surface area contributed by atoms with Gasteiger partial charge in [0.1, 0.15) is 12.6 Å². The standard InChI is InChI=1S/C30H37N3O4S/c1-6-28(30(35)31-22(2)3)32(20-25-10-8-7-9-11-25)29(34)21-33(26-16-12-23(4)13-17-26)38(36,37)27-18-14-24(5)15-19-27/h7-19,22,28H,6,20-21H2,1-5H3,(H,31,35). The van der Waals surface area contributed by atoms with Crippen LogP contribution in [0.3, 0.4) is 0 Å². The van der Waals surface area contributed by atoms with Gasteiger partial charge in [-0.2, -0.15) is 0 Å². The highest BCUT2D eigenvalue weighted by Gasteiger charge is 2.33. The molecule has 0 aliphatic carbocycles. The van der Waals surface area contributed by atoms with Gasteiger partial charge >= 0.3 is 0 Å². The Kier molecular flexibility index (Phi) is 9.69. The third-order valence-corrected chi connectivity index (χ3v) is 8.01. The summed E-state index contributed by atoms with van der Waals surface area (Å²) in [5.74, 6) is -0.731. The fourth-order valence-corrected chi connectivity index (χ4v) is 5.57. The Hall–Kier alpha value is -3.65. The van der Waals surface area contributed by atoms with Crippen LogP contribution in [-0.2, 0) is 26.2 Å². The topological polar surface area (TPSA) is 86.8 Å². The van der Waals surface area contributed by atoms with Gasteiger partial charge in [-0.25, -0.2) is 8.42 Å². The molecule has 0 aliphatic rings. The van der Waals surface area contributed by atoms with Crippen molar-refractivity contribution >= 4 is 27.5 Å². The van der Waals surface area contributed by atoms with Gasteiger partial charge in [-0.15, -0.1) is 0 Å². The highest BCUT2D eigenvalue weighted by molar-refractivity contribution is 7.92. The lowest BCUT2D eigenvalue weighted by Crippen LogP contribution is -2.53. The number of sulfonamides is 1. The number of nitrogens with zero attached hydrogens (tertiary/aromatic N) is 2. The molecule has 0 spiro atoms. The molecule has 1 atom stereocenters. The normalized spacial score (nSPS) is 12.2. The minimum Gasteiger partial charge on any atom is -0.352 e. The van der Waals surface area contributed by atoms with Crippen molar-refractivity contribution in [2.45, 2.75) is 64.6 Å². The summed E-state index contributed by atoms with van der Waals surface area (Å²) in [5.41, 5.74) is 3.12. The molecule has 0 saturated carbocycles. The number of anilines is 1. The first-order chi connectivity index (χ1) is 18.0. The van der Waals surface area contributed by atoms with Crippen molar-refractivity contribution in [3.05, 3.63) is 95.6 Å². The monoisotopic (exact) mass is 535 g/mol. The molecule has 0 heterocycles. The van der Waals surface area contributed by atoms with Crippen molar-refractivity contribution in [2.75, 3.05) is 10.8 Å². The lowest BCUT2D eigenvalue weighted by molar-refractivity contribution is -0.140. The van der Waals surface area contributed by atoms with Crippen molar-refractivity contribution in [3.8, 4) is 0 Å². The van der Waals surface area contributed by atoms with Gasteiger partial charge in [0.15, 0.2) is 0 Å². The van der Waals surface area contributed by atoms with E-state index in [1.54, 1.807) is 36.4 Å². The third kappa shape index (κ3) is 7.22. The van der Waals surface area contributed by atoms with E-state index in [1.807, 2.05) is 77.1 Å². The van der Waals surface area contributed by atoms with Crippen molar-refractivity contribution in [2.24, 2.45) is 0 Å². The molecule has 7 nitrogen and oxygen atoms in total. The SMILES string of the molecule is CCC(C(=O)NC(C)C)N(Cc1ccccc1)C(=O)CN(c1ccc(C)cc1)S(=O)(=O)c1ccc(C)cc1. The number of hydrogen-bond donors (Lipinski definition) is 1. The smallest absolute Gasteiger partial charge is 0.264 e. The highest BCUT2D eigenvalue weighted by atomic mass is 32.2. The lowest BCUT2D eigenvalue weighted by Gasteiger charge is -2.33. The summed E-state index contributed by atoms with van der Waals surface area (Å²) < 4.78 is 28.8.